The summed E-state index contributed by atoms with van der Waals surface area (Å²) in [7, 11) is 0. The van der Waals surface area contributed by atoms with Gasteiger partial charge in [0.15, 0.2) is 0 Å². The molecular weight excluding hydrogens is 711 g/mol. The fraction of sp³-hybridized carbons (Fsp3) is 0.154. The number of rotatable bonds is 9. The number of benzene rings is 6. The van der Waals surface area contributed by atoms with E-state index in [-0.39, 0.29) is 5.92 Å². The SMILES string of the molecule is CCc1cccc2c3cccc(CC)c3n(-c3ccnc(-n4c5ccccc5c5ccc(Oc6cccc(-n7nc(C)c(-c8ccccc8)c7C(C)C)c6)cc54)c3)c12. The van der Waals surface area contributed by atoms with Gasteiger partial charge in [-0.2, -0.15) is 5.10 Å². The second kappa shape index (κ2) is 14.2. The number of aryl methyl sites for hydroxylation is 3. The Morgan fingerprint density at radius 1 is 0.569 bits per heavy atom. The molecule has 0 aliphatic carbocycles. The molecular formula is C52H45N5O. The van der Waals surface area contributed by atoms with E-state index in [2.05, 4.69) is 182 Å². The minimum atomic E-state index is 0.259. The Morgan fingerprint density at radius 3 is 1.95 bits per heavy atom. The molecule has 0 aliphatic heterocycles. The maximum atomic E-state index is 6.71. The number of para-hydroxylation sites is 3. The van der Waals surface area contributed by atoms with Gasteiger partial charge < -0.3 is 9.30 Å². The molecule has 58 heavy (non-hydrogen) atoms. The summed E-state index contributed by atoms with van der Waals surface area (Å²) in [5.41, 5.74) is 13.9. The van der Waals surface area contributed by atoms with Crippen molar-refractivity contribution in [1.29, 1.82) is 0 Å². The number of fused-ring (bicyclic) bond motifs is 6. The molecule has 0 bridgehead atoms. The summed E-state index contributed by atoms with van der Waals surface area (Å²) in [6, 6.07) is 51.6. The third-order valence-corrected chi connectivity index (χ3v) is 11.6. The molecule has 0 unspecified atom stereocenters. The predicted molar refractivity (Wildman–Crippen MR) is 240 cm³/mol. The Kier molecular flexibility index (Phi) is 8.71. The maximum absolute atomic E-state index is 6.71. The largest absolute Gasteiger partial charge is 0.457 e. The minimum absolute atomic E-state index is 0.259. The maximum Gasteiger partial charge on any atom is 0.139 e. The Hall–Kier alpha value is -6.92. The van der Waals surface area contributed by atoms with Gasteiger partial charge in [-0.1, -0.05) is 119 Å². The van der Waals surface area contributed by atoms with E-state index >= 15 is 0 Å². The Balaban J connectivity index is 1.09. The van der Waals surface area contributed by atoms with Crippen LogP contribution in [0.3, 0.4) is 0 Å². The minimum Gasteiger partial charge on any atom is -0.457 e. The molecule has 6 aromatic carbocycles. The lowest BCUT2D eigenvalue weighted by atomic mass is 9.97. The van der Waals surface area contributed by atoms with Crippen molar-refractivity contribution >= 4 is 43.6 Å². The number of ether oxygens (including phenoxy) is 1. The zero-order valence-electron chi connectivity index (χ0n) is 33.6. The first kappa shape index (κ1) is 35.5. The molecule has 0 fully saturated rings. The molecule has 0 spiro atoms. The topological polar surface area (TPSA) is 49.8 Å². The van der Waals surface area contributed by atoms with Crippen molar-refractivity contribution in [1.82, 2.24) is 23.9 Å². The summed E-state index contributed by atoms with van der Waals surface area (Å²) >= 11 is 0. The van der Waals surface area contributed by atoms with Crippen LogP contribution in [0, 0.1) is 6.92 Å². The van der Waals surface area contributed by atoms with Gasteiger partial charge in [0.1, 0.15) is 17.3 Å². The molecule has 0 N–H and O–H groups in total. The van der Waals surface area contributed by atoms with Crippen LogP contribution >= 0.6 is 0 Å². The molecule has 10 aromatic rings. The highest BCUT2D eigenvalue weighted by Crippen LogP contribution is 2.40. The van der Waals surface area contributed by atoms with E-state index in [1.165, 1.54) is 55.1 Å². The van der Waals surface area contributed by atoms with Gasteiger partial charge in [-0.3, -0.25) is 4.57 Å². The Morgan fingerprint density at radius 2 is 1.22 bits per heavy atom. The van der Waals surface area contributed by atoms with Crippen molar-refractivity contribution in [3.63, 3.8) is 0 Å². The average molecular weight is 756 g/mol. The number of aromatic nitrogens is 5. The zero-order valence-corrected chi connectivity index (χ0v) is 33.6. The molecule has 284 valence electrons. The summed E-state index contributed by atoms with van der Waals surface area (Å²) in [5, 5.41) is 9.94. The highest BCUT2D eigenvalue weighted by atomic mass is 16.5. The fourth-order valence-corrected chi connectivity index (χ4v) is 9.07. The lowest BCUT2D eigenvalue weighted by Gasteiger charge is -2.15. The van der Waals surface area contributed by atoms with Gasteiger partial charge in [0.25, 0.3) is 0 Å². The zero-order chi connectivity index (χ0) is 39.5. The van der Waals surface area contributed by atoms with Crippen LogP contribution in [0.4, 0.5) is 0 Å². The van der Waals surface area contributed by atoms with Crippen LogP contribution in [0.2, 0.25) is 0 Å². The molecule has 4 aromatic heterocycles. The molecule has 0 aliphatic rings. The van der Waals surface area contributed by atoms with Gasteiger partial charge in [-0.15, -0.1) is 0 Å². The molecule has 10 rings (SSSR count). The average Bonchev–Trinajstić information content (AvgIpc) is 3.91. The van der Waals surface area contributed by atoms with E-state index in [1.807, 2.05) is 18.3 Å². The number of nitrogens with zero attached hydrogens (tertiary/aromatic N) is 5. The second-order valence-corrected chi connectivity index (χ2v) is 15.5. The normalized spacial score (nSPS) is 11.8. The van der Waals surface area contributed by atoms with Crippen LogP contribution in [-0.2, 0) is 12.8 Å². The van der Waals surface area contributed by atoms with E-state index in [0.717, 1.165) is 63.6 Å². The predicted octanol–water partition coefficient (Wildman–Crippen LogP) is 13.5. The van der Waals surface area contributed by atoms with Gasteiger partial charge in [0, 0.05) is 51.5 Å². The fourth-order valence-electron chi connectivity index (χ4n) is 9.07. The molecule has 0 saturated heterocycles. The molecule has 0 amide bonds. The number of pyridine rings is 1. The third kappa shape index (κ3) is 5.70. The van der Waals surface area contributed by atoms with Crippen LogP contribution in [0.5, 0.6) is 11.5 Å². The first-order chi connectivity index (χ1) is 28.4. The Bertz CT molecular complexity index is 3100. The lowest BCUT2D eigenvalue weighted by Crippen LogP contribution is -2.05. The standard InChI is InChI=1S/C52H45N5O/c1-6-35-18-13-23-44-45-24-14-19-36(7-2)52(45)55(51(35)44)38-28-29-53-48(31-38)56-46-25-12-11-22-42(46)43-27-26-41(32-47(43)56)58-40-21-15-20-39(30-40)57-50(33(3)4)49(34(5)54-57)37-16-9-8-10-17-37/h8-33H,6-7H2,1-5H3. The summed E-state index contributed by atoms with van der Waals surface area (Å²) in [6.45, 7) is 11.0. The van der Waals surface area contributed by atoms with Crippen LogP contribution in [0.1, 0.15) is 56.1 Å². The highest BCUT2D eigenvalue weighted by Gasteiger charge is 2.22. The first-order valence-corrected chi connectivity index (χ1v) is 20.4. The van der Waals surface area contributed by atoms with Crippen LogP contribution in [0.15, 0.2) is 152 Å². The van der Waals surface area contributed by atoms with Gasteiger partial charge in [-0.05, 0) is 78.8 Å². The van der Waals surface area contributed by atoms with Crippen LogP contribution < -0.4 is 4.74 Å². The van der Waals surface area contributed by atoms with Crippen LogP contribution in [-0.4, -0.2) is 23.9 Å². The van der Waals surface area contributed by atoms with Gasteiger partial charge in [0.2, 0.25) is 0 Å². The lowest BCUT2D eigenvalue weighted by molar-refractivity contribution is 0.482. The molecule has 0 atom stereocenters. The number of hydrogen-bond donors (Lipinski definition) is 0. The van der Waals surface area contributed by atoms with Crippen molar-refractivity contribution in [3.05, 3.63) is 174 Å². The van der Waals surface area contributed by atoms with Crippen LogP contribution in [0.25, 0.3) is 71.9 Å². The summed E-state index contributed by atoms with van der Waals surface area (Å²) in [5.74, 6) is 2.60. The molecule has 4 heterocycles. The van der Waals surface area contributed by atoms with E-state index in [1.54, 1.807) is 0 Å². The first-order valence-electron chi connectivity index (χ1n) is 20.4. The van der Waals surface area contributed by atoms with Gasteiger partial charge >= 0.3 is 0 Å². The second-order valence-electron chi connectivity index (χ2n) is 15.5. The van der Waals surface area contributed by atoms with E-state index in [9.17, 15) is 0 Å². The smallest absolute Gasteiger partial charge is 0.139 e. The molecule has 6 heteroatoms. The van der Waals surface area contributed by atoms with Crippen molar-refractivity contribution in [3.8, 4) is 39.8 Å². The summed E-state index contributed by atoms with van der Waals surface area (Å²) in [4.78, 5) is 5.05. The van der Waals surface area contributed by atoms with Gasteiger partial charge in [-0.25, -0.2) is 9.67 Å². The van der Waals surface area contributed by atoms with Crippen molar-refractivity contribution in [2.75, 3.05) is 0 Å². The summed E-state index contributed by atoms with van der Waals surface area (Å²) < 4.78 is 13.5. The van der Waals surface area contributed by atoms with Gasteiger partial charge in [0.05, 0.1) is 44.8 Å². The molecule has 0 radical (unpaired) electrons. The van der Waals surface area contributed by atoms with Crippen molar-refractivity contribution < 1.29 is 4.74 Å². The van der Waals surface area contributed by atoms with Crippen molar-refractivity contribution in [2.45, 2.75) is 53.4 Å². The van der Waals surface area contributed by atoms with E-state index in [4.69, 9.17) is 14.8 Å². The Labute approximate surface area is 338 Å². The molecule has 6 nitrogen and oxygen atoms in total. The third-order valence-electron chi connectivity index (χ3n) is 11.6. The quantitative estimate of drug-likeness (QED) is 0.147. The number of hydrogen-bond acceptors (Lipinski definition) is 3. The van der Waals surface area contributed by atoms with E-state index in [0.29, 0.717) is 0 Å². The monoisotopic (exact) mass is 755 g/mol. The summed E-state index contributed by atoms with van der Waals surface area (Å²) in [6.07, 6.45) is 3.84. The molecule has 0 saturated carbocycles. The highest BCUT2D eigenvalue weighted by molar-refractivity contribution is 6.12. The van der Waals surface area contributed by atoms with E-state index < -0.39 is 0 Å². The van der Waals surface area contributed by atoms with Crippen molar-refractivity contribution in [2.24, 2.45) is 0 Å².